The molecule has 22 heavy (non-hydrogen) atoms. The van der Waals surface area contributed by atoms with Crippen molar-refractivity contribution < 1.29 is 24.2 Å². The first-order valence-electron chi connectivity index (χ1n) is 6.55. The second-order valence-corrected chi connectivity index (χ2v) is 4.56. The number of methoxy groups -OCH3 is 1. The Hall–Kier alpha value is -2.19. The van der Waals surface area contributed by atoms with Crippen molar-refractivity contribution in [2.45, 2.75) is 13.0 Å². The van der Waals surface area contributed by atoms with E-state index >= 15 is 0 Å². The second-order valence-electron chi connectivity index (χ2n) is 4.15. The molecule has 0 fully saturated rings. The maximum atomic E-state index is 11.5. The molecule has 120 valence electrons. The first kappa shape index (κ1) is 17.9. The SMILES string of the molecule is CCOC(=O)c1ccc(NC(=S)NC(CO)C(=O)OC)cc1. The van der Waals surface area contributed by atoms with Gasteiger partial charge in [-0.05, 0) is 43.4 Å². The highest BCUT2D eigenvalue weighted by molar-refractivity contribution is 7.80. The van der Waals surface area contributed by atoms with E-state index < -0.39 is 24.6 Å². The van der Waals surface area contributed by atoms with Crippen LogP contribution in [0.2, 0.25) is 0 Å². The minimum atomic E-state index is -0.941. The topological polar surface area (TPSA) is 96.9 Å². The number of aliphatic hydroxyl groups is 1. The number of carbonyl (C=O) groups is 2. The van der Waals surface area contributed by atoms with Crippen molar-refractivity contribution in [2.24, 2.45) is 0 Å². The lowest BCUT2D eigenvalue weighted by molar-refractivity contribution is -0.143. The van der Waals surface area contributed by atoms with Gasteiger partial charge >= 0.3 is 11.9 Å². The van der Waals surface area contributed by atoms with E-state index in [0.717, 1.165) is 0 Å². The summed E-state index contributed by atoms with van der Waals surface area (Å²) in [5, 5.41) is 14.7. The number of carbonyl (C=O) groups excluding carboxylic acids is 2. The fraction of sp³-hybridized carbons (Fsp3) is 0.357. The molecule has 0 aliphatic carbocycles. The van der Waals surface area contributed by atoms with Crippen molar-refractivity contribution in [1.29, 1.82) is 0 Å². The standard InChI is InChI=1S/C14H18N2O5S/c1-3-21-12(18)9-4-6-10(7-5-9)15-14(22)16-11(8-17)13(19)20-2/h4-7,11,17H,3,8H2,1-2H3,(H2,15,16,22). The van der Waals surface area contributed by atoms with Gasteiger partial charge in [-0.25, -0.2) is 9.59 Å². The van der Waals surface area contributed by atoms with E-state index in [4.69, 9.17) is 22.1 Å². The third-order valence-corrected chi connectivity index (χ3v) is 2.85. The average Bonchev–Trinajstić information content (AvgIpc) is 2.52. The van der Waals surface area contributed by atoms with E-state index in [0.29, 0.717) is 17.9 Å². The molecule has 1 rings (SSSR count). The summed E-state index contributed by atoms with van der Waals surface area (Å²) < 4.78 is 9.40. The summed E-state index contributed by atoms with van der Waals surface area (Å²) in [5.41, 5.74) is 1.04. The fourth-order valence-electron chi connectivity index (χ4n) is 1.55. The zero-order chi connectivity index (χ0) is 16.5. The van der Waals surface area contributed by atoms with Gasteiger partial charge in [0.25, 0.3) is 0 Å². The van der Waals surface area contributed by atoms with Crippen LogP contribution in [0.5, 0.6) is 0 Å². The van der Waals surface area contributed by atoms with Crippen LogP contribution in [0.3, 0.4) is 0 Å². The number of rotatable bonds is 6. The molecule has 0 spiro atoms. The molecule has 1 aromatic rings. The van der Waals surface area contributed by atoms with Crippen LogP contribution in [-0.2, 0) is 14.3 Å². The number of anilines is 1. The Balaban J connectivity index is 2.61. The number of ether oxygens (including phenoxy) is 2. The first-order chi connectivity index (χ1) is 10.5. The van der Waals surface area contributed by atoms with Gasteiger partial charge in [0.2, 0.25) is 0 Å². The van der Waals surface area contributed by atoms with E-state index in [2.05, 4.69) is 15.4 Å². The summed E-state index contributed by atoms with van der Waals surface area (Å²) in [6, 6.07) is 5.53. The highest BCUT2D eigenvalue weighted by Crippen LogP contribution is 2.10. The van der Waals surface area contributed by atoms with Crippen LogP contribution in [0.4, 0.5) is 5.69 Å². The van der Waals surface area contributed by atoms with E-state index in [-0.39, 0.29) is 5.11 Å². The van der Waals surface area contributed by atoms with Gasteiger partial charge in [-0.3, -0.25) is 0 Å². The molecular weight excluding hydrogens is 308 g/mol. The molecule has 0 radical (unpaired) electrons. The number of hydrogen-bond acceptors (Lipinski definition) is 6. The van der Waals surface area contributed by atoms with E-state index in [1.165, 1.54) is 7.11 Å². The Morgan fingerprint density at radius 3 is 2.45 bits per heavy atom. The molecule has 0 saturated carbocycles. The van der Waals surface area contributed by atoms with Gasteiger partial charge in [-0.2, -0.15) is 0 Å². The minimum Gasteiger partial charge on any atom is -0.467 e. The van der Waals surface area contributed by atoms with E-state index in [1.54, 1.807) is 31.2 Å². The van der Waals surface area contributed by atoms with Gasteiger partial charge in [-0.15, -0.1) is 0 Å². The molecular formula is C14H18N2O5S. The Labute approximate surface area is 133 Å². The molecule has 0 bridgehead atoms. The zero-order valence-electron chi connectivity index (χ0n) is 12.3. The Morgan fingerprint density at radius 2 is 1.95 bits per heavy atom. The summed E-state index contributed by atoms with van der Waals surface area (Å²) in [7, 11) is 1.22. The Kier molecular flexibility index (Phi) is 7.27. The van der Waals surface area contributed by atoms with Crippen LogP contribution in [0.1, 0.15) is 17.3 Å². The quantitative estimate of drug-likeness (QED) is 0.519. The summed E-state index contributed by atoms with van der Waals surface area (Å²) >= 11 is 5.04. The molecule has 8 heteroatoms. The third kappa shape index (κ3) is 5.30. The van der Waals surface area contributed by atoms with Gasteiger partial charge in [0.05, 0.1) is 25.9 Å². The summed E-state index contributed by atoms with van der Waals surface area (Å²) in [6.07, 6.45) is 0. The molecule has 0 amide bonds. The van der Waals surface area contributed by atoms with Gasteiger partial charge < -0.3 is 25.2 Å². The smallest absolute Gasteiger partial charge is 0.338 e. The average molecular weight is 326 g/mol. The predicted molar refractivity (Wildman–Crippen MR) is 84.6 cm³/mol. The molecule has 0 aliphatic heterocycles. The lowest BCUT2D eigenvalue weighted by Gasteiger charge is -2.16. The molecule has 7 nitrogen and oxygen atoms in total. The van der Waals surface area contributed by atoms with Crippen molar-refractivity contribution in [3.05, 3.63) is 29.8 Å². The Bertz CT molecular complexity index is 533. The maximum absolute atomic E-state index is 11.5. The lowest BCUT2D eigenvalue weighted by atomic mass is 10.2. The van der Waals surface area contributed by atoms with Crippen molar-refractivity contribution in [1.82, 2.24) is 5.32 Å². The van der Waals surface area contributed by atoms with Gasteiger partial charge in [0.15, 0.2) is 5.11 Å². The number of aliphatic hydroxyl groups excluding tert-OH is 1. The van der Waals surface area contributed by atoms with Crippen molar-refractivity contribution >= 4 is 35.0 Å². The summed E-state index contributed by atoms with van der Waals surface area (Å²) in [6.45, 7) is 1.59. The van der Waals surface area contributed by atoms with Crippen molar-refractivity contribution in [3.8, 4) is 0 Å². The predicted octanol–water partition coefficient (Wildman–Crippen LogP) is 0.684. The molecule has 0 heterocycles. The van der Waals surface area contributed by atoms with Crippen LogP contribution in [-0.4, -0.2) is 48.5 Å². The number of hydrogen-bond donors (Lipinski definition) is 3. The molecule has 0 saturated heterocycles. The molecule has 1 atom stereocenters. The van der Waals surface area contributed by atoms with E-state index in [1.807, 2.05) is 0 Å². The zero-order valence-corrected chi connectivity index (χ0v) is 13.1. The summed E-state index contributed by atoms with van der Waals surface area (Å²) in [4.78, 5) is 22.8. The lowest BCUT2D eigenvalue weighted by Crippen LogP contribution is -2.45. The van der Waals surface area contributed by atoms with Crippen LogP contribution >= 0.6 is 12.2 Å². The molecule has 0 aromatic heterocycles. The summed E-state index contributed by atoms with van der Waals surface area (Å²) in [5.74, 6) is -1.02. The van der Waals surface area contributed by atoms with Crippen molar-refractivity contribution in [3.63, 3.8) is 0 Å². The monoisotopic (exact) mass is 326 g/mol. The third-order valence-electron chi connectivity index (χ3n) is 2.63. The molecule has 3 N–H and O–H groups in total. The Morgan fingerprint density at radius 1 is 1.32 bits per heavy atom. The number of thiocarbonyl (C=S) groups is 1. The van der Waals surface area contributed by atoms with Crippen LogP contribution in [0, 0.1) is 0 Å². The van der Waals surface area contributed by atoms with Crippen molar-refractivity contribution in [2.75, 3.05) is 25.6 Å². The highest BCUT2D eigenvalue weighted by Gasteiger charge is 2.18. The number of nitrogens with one attached hydrogen (secondary N) is 2. The first-order valence-corrected chi connectivity index (χ1v) is 6.96. The van der Waals surface area contributed by atoms with Gasteiger partial charge in [0, 0.05) is 5.69 Å². The minimum absolute atomic E-state index is 0.147. The second kappa shape index (κ2) is 8.96. The normalized spacial score (nSPS) is 11.2. The molecule has 1 unspecified atom stereocenters. The van der Waals surface area contributed by atoms with E-state index in [9.17, 15) is 9.59 Å². The number of esters is 2. The number of benzene rings is 1. The van der Waals surface area contributed by atoms with Gasteiger partial charge in [0.1, 0.15) is 6.04 Å². The highest BCUT2D eigenvalue weighted by atomic mass is 32.1. The van der Waals surface area contributed by atoms with Crippen LogP contribution in [0.15, 0.2) is 24.3 Å². The fourth-order valence-corrected chi connectivity index (χ4v) is 1.81. The van der Waals surface area contributed by atoms with Gasteiger partial charge in [-0.1, -0.05) is 0 Å². The van der Waals surface area contributed by atoms with Crippen LogP contribution < -0.4 is 10.6 Å². The maximum Gasteiger partial charge on any atom is 0.338 e. The molecule has 0 aliphatic rings. The van der Waals surface area contributed by atoms with Crippen LogP contribution in [0.25, 0.3) is 0 Å². The molecule has 1 aromatic carbocycles. The largest absolute Gasteiger partial charge is 0.467 e.